The van der Waals surface area contributed by atoms with Crippen molar-refractivity contribution in [2.45, 2.75) is 13.0 Å². The third-order valence-electron chi connectivity index (χ3n) is 6.45. The zero-order chi connectivity index (χ0) is 24.6. The third kappa shape index (κ3) is 4.45. The standard InChI is InChI=1S/C25H25ClN6O3S/c1-14-13-27-22-21-15-2-3-18(29-17(15)4-5-19(21)36-23(22)24(33)28-14)16-12-20(26)30-31-25(16)35-11-8-32-6-9-34-10-7-32/h2-5,12,14,27H,6-11,13H2,1H3,(H,28,33)/t14-/m1/s1. The van der Waals surface area contributed by atoms with Crippen molar-refractivity contribution in [3.63, 3.8) is 0 Å². The van der Waals surface area contributed by atoms with Crippen LogP contribution >= 0.6 is 22.9 Å². The minimum Gasteiger partial charge on any atom is -0.475 e. The van der Waals surface area contributed by atoms with E-state index in [1.165, 1.54) is 11.3 Å². The Morgan fingerprint density at radius 3 is 2.94 bits per heavy atom. The molecule has 5 heterocycles. The molecular formula is C25H25ClN6O3S. The fourth-order valence-electron chi connectivity index (χ4n) is 4.62. The maximum atomic E-state index is 12.7. The van der Waals surface area contributed by atoms with Crippen molar-refractivity contribution < 1.29 is 14.3 Å². The molecule has 2 aliphatic heterocycles. The molecule has 1 amide bonds. The van der Waals surface area contributed by atoms with E-state index < -0.39 is 0 Å². The highest BCUT2D eigenvalue weighted by molar-refractivity contribution is 7.21. The normalized spacial score (nSPS) is 18.5. The summed E-state index contributed by atoms with van der Waals surface area (Å²) < 4.78 is 12.5. The van der Waals surface area contributed by atoms with E-state index in [4.69, 9.17) is 26.1 Å². The van der Waals surface area contributed by atoms with Crippen molar-refractivity contribution in [3.05, 3.63) is 40.4 Å². The topological polar surface area (TPSA) is 102 Å². The molecule has 9 nitrogen and oxygen atoms in total. The molecule has 11 heteroatoms. The van der Waals surface area contributed by atoms with Gasteiger partial charge in [0, 0.05) is 47.7 Å². The minimum absolute atomic E-state index is 0.0437. The van der Waals surface area contributed by atoms with Gasteiger partial charge in [-0.15, -0.1) is 21.5 Å². The van der Waals surface area contributed by atoms with Gasteiger partial charge in [0.05, 0.1) is 35.7 Å². The zero-order valence-electron chi connectivity index (χ0n) is 19.7. The Bertz CT molecular complexity index is 1460. The molecule has 0 saturated carbocycles. The van der Waals surface area contributed by atoms with E-state index in [1.54, 1.807) is 6.07 Å². The molecule has 0 spiro atoms. The Morgan fingerprint density at radius 2 is 2.08 bits per heavy atom. The second-order valence-electron chi connectivity index (χ2n) is 8.95. The van der Waals surface area contributed by atoms with Gasteiger partial charge < -0.3 is 20.1 Å². The lowest BCUT2D eigenvalue weighted by atomic mass is 10.1. The molecule has 1 aromatic carbocycles. The molecule has 6 rings (SSSR count). The molecule has 1 atom stereocenters. The summed E-state index contributed by atoms with van der Waals surface area (Å²) in [5, 5.41) is 16.9. The summed E-state index contributed by atoms with van der Waals surface area (Å²) >= 11 is 7.69. The van der Waals surface area contributed by atoms with Gasteiger partial charge in [0.1, 0.15) is 11.5 Å². The number of thiophene rings is 1. The Hall–Kier alpha value is -3.05. The first-order valence-electron chi connectivity index (χ1n) is 11.9. The van der Waals surface area contributed by atoms with Crippen molar-refractivity contribution in [1.29, 1.82) is 0 Å². The number of carbonyl (C=O) groups excluding carboxylic acids is 1. The molecule has 3 aromatic heterocycles. The van der Waals surface area contributed by atoms with E-state index in [9.17, 15) is 4.79 Å². The van der Waals surface area contributed by atoms with E-state index in [2.05, 4.69) is 25.7 Å². The summed E-state index contributed by atoms with van der Waals surface area (Å²) in [6, 6.07) is 9.75. The molecule has 0 unspecified atom stereocenters. The molecule has 36 heavy (non-hydrogen) atoms. The molecule has 0 aliphatic carbocycles. The lowest BCUT2D eigenvalue weighted by molar-refractivity contribution is 0.0320. The number of carbonyl (C=O) groups is 1. The van der Waals surface area contributed by atoms with Gasteiger partial charge in [-0.25, -0.2) is 4.98 Å². The lowest BCUT2D eigenvalue weighted by Crippen LogP contribution is -2.38. The van der Waals surface area contributed by atoms with Crippen LogP contribution in [0.5, 0.6) is 5.88 Å². The first kappa shape index (κ1) is 23.4. The highest BCUT2D eigenvalue weighted by atomic mass is 35.5. The second kappa shape index (κ2) is 9.78. The van der Waals surface area contributed by atoms with Crippen molar-refractivity contribution in [3.8, 4) is 17.1 Å². The number of fused-ring (bicyclic) bond motifs is 5. The number of benzene rings is 1. The maximum absolute atomic E-state index is 12.7. The fraction of sp³-hybridized carbons (Fsp3) is 0.360. The number of halogens is 1. The number of nitrogens with one attached hydrogen (secondary N) is 2. The molecule has 2 aliphatic rings. The van der Waals surface area contributed by atoms with Gasteiger partial charge in [-0.2, -0.15) is 0 Å². The van der Waals surface area contributed by atoms with Gasteiger partial charge in [0.2, 0.25) is 5.88 Å². The predicted molar refractivity (Wildman–Crippen MR) is 141 cm³/mol. The zero-order valence-corrected chi connectivity index (χ0v) is 21.3. The maximum Gasteiger partial charge on any atom is 0.263 e. The average molecular weight is 525 g/mol. The van der Waals surface area contributed by atoms with E-state index >= 15 is 0 Å². The molecule has 2 N–H and O–H groups in total. The number of morpholine rings is 1. The Morgan fingerprint density at radius 1 is 1.22 bits per heavy atom. The molecule has 1 fully saturated rings. The van der Waals surface area contributed by atoms with Crippen LogP contribution in [-0.2, 0) is 4.74 Å². The van der Waals surface area contributed by atoms with Gasteiger partial charge in [-0.3, -0.25) is 9.69 Å². The van der Waals surface area contributed by atoms with Crippen molar-refractivity contribution in [2.24, 2.45) is 0 Å². The number of rotatable bonds is 5. The van der Waals surface area contributed by atoms with E-state index in [0.717, 1.165) is 59.5 Å². The summed E-state index contributed by atoms with van der Waals surface area (Å²) in [5.41, 5.74) is 3.07. The Labute approximate surface area is 216 Å². The van der Waals surface area contributed by atoms with Crippen molar-refractivity contribution in [2.75, 3.05) is 51.3 Å². The van der Waals surface area contributed by atoms with Crippen LogP contribution < -0.4 is 15.4 Å². The highest BCUT2D eigenvalue weighted by Crippen LogP contribution is 2.41. The molecule has 4 aromatic rings. The monoisotopic (exact) mass is 524 g/mol. The van der Waals surface area contributed by atoms with Gasteiger partial charge in [0.15, 0.2) is 5.15 Å². The van der Waals surface area contributed by atoms with E-state index in [1.807, 2.05) is 31.2 Å². The third-order valence-corrected chi connectivity index (χ3v) is 7.79. The Balaban J connectivity index is 1.34. The van der Waals surface area contributed by atoms with Crippen LogP contribution in [0.15, 0.2) is 30.3 Å². The SMILES string of the molecule is C[C@@H]1CNc2c(sc3ccc4nc(-c5cc(Cl)nnc5OCCN5CCOCC5)ccc4c23)C(=O)N1. The number of hydrogen-bond donors (Lipinski definition) is 2. The quantitative estimate of drug-likeness (QED) is 0.406. The lowest BCUT2D eigenvalue weighted by Gasteiger charge is -2.26. The van der Waals surface area contributed by atoms with Gasteiger partial charge in [-0.1, -0.05) is 11.6 Å². The number of amides is 1. The van der Waals surface area contributed by atoms with Crippen LogP contribution in [0.1, 0.15) is 16.6 Å². The summed E-state index contributed by atoms with van der Waals surface area (Å²) in [6.45, 7) is 7.18. The molecule has 0 bridgehead atoms. The van der Waals surface area contributed by atoms with Crippen LogP contribution in [0, 0.1) is 0 Å². The number of nitrogens with zero attached hydrogens (tertiary/aromatic N) is 4. The second-order valence-corrected chi connectivity index (χ2v) is 10.4. The smallest absolute Gasteiger partial charge is 0.263 e. The van der Waals surface area contributed by atoms with Crippen LogP contribution in [0.2, 0.25) is 5.15 Å². The van der Waals surface area contributed by atoms with Gasteiger partial charge in [0.25, 0.3) is 5.91 Å². The van der Waals surface area contributed by atoms with Gasteiger partial charge in [-0.05, 0) is 37.3 Å². The summed E-state index contributed by atoms with van der Waals surface area (Å²) in [4.78, 5) is 20.6. The summed E-state index contributed by atoms with van der Waals surface area (Å²) in [7, 11) is 0. The number of ether oxygens (including phenoxy) is 2. The van der Waals surface area contributed by atoms with E-state index in [0.29, 0.717) is 35.2 Å². The summed E-state index contributed by atoms with van der Waals surface area (Å²) in [5.74, 6) is 0.357. The number of aromatic nitrogens is 3. The minimum atomic E-state index is -0.0437. The molecular weight excluding hydrogens is 500 g/mol. The largest absolute Gasteiger partial charge is 0.475 e. The first-order chi connectivity index (χ1) is 17.6. The average Bonchev–Trinajstić information content (AvgIpc) is 3.21. The van der Waals surface area contributed by atoms with Crippen molar-refractivity contribution in [1.82, 2.24) is 25.4 Å². The molecule has 186 valence electrons. The highest BCUT2D eigenvalue weighted by Gasteiger charge is 2.25. The van der Waals surface area contributed by atoms with Gasteiger partial charge >= 0.3 is 0 Å². The molecule has 1 saturated heterocycles. The summed E-state index contributed by atoms with van der Waals surface area (Å²) in [6.07, 6.45) is 0. The van der Waals surface area contributed by atoms with E-state index in [-0.39, 0.29) is 17.1 Å². The molecule has 0 radical (unpaired) electrons. The van der Waals surface area contributed by atoms with Crippen LogP contribution in [0.4, 0.5) is 5.69 Å². The van der Waals surface area contributed by atoms with Crippen LogP contribution in [0.3, 0.4) is 0 Å². The Kier molecular flexibility index (Phi) is 6.34. The fourth-order valence-corrected chi connectivity index (χ4v) is 5.86. The predicted octanol–water partition coefficient (Wildman–Crippen LogP) is 3.81. The van der Waals surface area contributed by atoms with Crippen LogP contribution in [-0.4, -0.2) is 78.0 Å². The first-order valence-corrected chi connectivity index (χ1v) is 13.1. The number of anilines is 1. The number of pyridine rings is 1. The van der Waals surface area contributed by atoms with Crippen molar-refractivity contribution >= 4 is 55.5 Å². The number of hydrogen-bond acceptors (Lipinski definition) is 9. The van der Waals surface area contributed by atoms with Crippen LogP contribution in [0.25, 0.3) is 32.2 Å².